The fourth-order valence-electron chi connectivity index (χ4n) is 2.98. The predicted molar refractivity (Wildman–Crippen MR) is 112 cm³/mol. The van der Waals surface area contributed by atoms with Crippen molar-refractivity contribution in [2.24, 2.45) is 0 Å². The third-order valence-electron chi connectivity index (χ3n) is 4.40. The predicted octanol–water partition coefficient (Wildman–Crippen LogP) is 4.33. The lowest BCUT2D eigenvalue weighted by Crippen LogP contribution is -2.15. The van der Waals surface area contributed by atoms with Gasteiger partial charge in [0, 0.05) is 17.1 Å². The van der Waals surface area contributed by atoms with E-state index in [1.165, 1.54) is 23.8 Å². The number of nitrogens with zero attached hydrogens (tertiary/aromatic N) is 3. The van der Waals surface area contributed by atoms with Gasteiger partial charge in [-0.25, -0.2) is 14.5 Å². The van der Waals surface area contributed by atoms with Gasteiger partial charge in [0.1, 0.15) is 16.3 Å². The second-order valence-electron chi connectivity index (χ2n) is 6.25. The van der Waals surface area contributed by atoms with Crippen molar-refractivity contribution in [3.05, 3.63) is 71.2 Å². The third-order valence-corrected chi connectivity index (χ3v) is 5.30. The minimum absolute atomic E-state index is 0.218. The van der Waals surface area contributed by atoms with Crippen LogP contribution in [-0.2, 0) is 4.74 Å². The molecule has 152 valence electrons. The van der Waals surface area contributed by atoms with Gasteiger partial charge in [0.15, 0.2) is 5.82 Å². The highest BCUT2D eigenvalue weighted by Gasteiger charge is 2.25. The minimum atomic E-state index is -0.527. The number of anilines is 1. The normalized spacial score (nSPS) is 10.7. The third kappa shape index (κ3) is 3.62. The average molecular weight is 422 g/mol. The molecule has 4 rings (SSSR count). The standard InChI is InChI=1S/C21H18N4O4S/c1-3-28-21(27)18-15(16-7-6-10-29-16)12-30-20(18)24-19(26)14-11-23-25(13(14)2)17-8-4-5-9-22-17/h4-12H,3H2,1-2H3,(H,24,26). The van der Waals surface area contributed by atoms with Gasteiger partial charge >= 0.3 is 5.97 Å². The van der Waals surface area contributed by atoms with Crippen LogP contribution in [0.15, 0.2) is 58.8 Å². The molecule has 0 unspecified atom stereocenters. The molecule has 4 aromatic rings. The Bertz CT molecular complexity index is 1180. The number of aromatic nitrogens is 3. The van der Waals surface area contributed by atoms with Gasteiger partial charge in [0.2, 0.25) is 0 Å². The maximum atomic E-state index is 13.0. The lowest BCUT2D eigenvalue weighted by atomic mass is 10.1. The van der Waals surface area contributed by atoms with Crippen LogP contribution in [0.25, 0.3) is 17.1 Å². The molecule has 9 heteroatoms. The molecule has 0 aliphatic rings. The van der Waals surface area contributed by atoms with Crippen molar-refractivity contribution in [3.8, 4) is 17.1 Å². The first-order valence-corrected chi connectivity index (χ1v) is 10.1. The lowest BCUT2D eigenvalue weighted by molar-refractivity contribution is 0.0529. The van der Waals surface area contributed by atoms with Crippen molar-refractivity contribution < 1.29 is 18.7 Å². The molecule has 0 bridgehead atoms. The summed E-state index contributed by atoms with van der Waals surface area (Å²) in [5.74, 6) is 0.223. The van der Waals surface area contributed by atoms with E-state index < -0.39 is 5.97 Å². The Kier molecular flexibility index (Phi) is 5.44. The zero-order chi connectivity index (χ0) is 21.1. The molecule has 0 aliphatic heterocycles. The van der Waals surface area contributed by atoms with Gasteiger partial charge < -0.3 is 14.5 Å². The van der Waals surface area contributed by atoms with Crippen LogP contribution in [0.4, 0.5) is 5.00 Å². The Morgan fingerprint density at radius 2 is 2.13 bits per heavy atom. The molecule has 0 radical (unpaired) electrons. The van der Waals surface area contributed by atoms with Crippen LogP contribution in [0.2, 0.25) is 0 Å². The number of carbonyl (C=O) groups excluding carboxylic acids is 2. The first-order chi connectivity index (χ1) is 14.6. The molecule has 4 aromatic heterocycles. The van der Waals surface area contributed by atoms with E-state index in [0.717, 1.165) is 0 Å². The van der Waals surface area contributed by atoms with Crippen molar-refractivity contribution in [2.45, 2.75) is 13.8 Å². The number of amides is 1. The van der Waals surface area contributed by atoms with Gasteiger partial charge in [-0.15, -0.1) is 11.3 Å². The number of esters is 1. The summed E-state index contributed by atoms with van der Waals surface area (Å²) in [5.41, 5.74) is 1.84. The molecule has 0 aromatic carbocycles. The lowest BCUT2D eigenvalue weighted by Gasteiger charge is -2.08. The molecule has 0 spiro atoms. The molecule has 0 fully saturated rings. The van der Waals surface area contributed by atoms with E-state index in [0.29, 0.717) is 33.4 Å². The summed E-state index contributed by atoms with van der Waals surface area (Å²) < 4.78 is 12.2. The Labute approximate surface area is 176 Å². The monoisotopic (exact) mass is 422 g/mol. The maximum absolute atomic E-state index is 13.0. The first kappa shape index (κ1) is 19.6. The highest BCUT2D eigenvalue weighted by atomic mass is 32.1. The fraction of sp³-hybridized carbons (Fsp3) is 0.143. The van der Waals surface area contributed by atoms with E-state index in [1.807, 2.05) is 6.07 Å². The average Bonchev–Trinajstić information content (AvgIpc) is 3.48. The highest BCUT2D eigenvalue weighted by Crippen LogP contribution is 2.36. The van der Waals surface area contributed by atoms with Crippen molar-refractivity contribution >= 4 is 28.2 Å². The zero-order valence-electron chi connectivity index (χ0n) is 16.3. The van der Waals surface area contributed by atoms with E-state index in [4.69, 9.17) is 9.15 Å². The van der Waals surface area contributed by atoms with Crippen LogP contribution in [0.5, 0.6) is 0 Å². The topological polar surface area (TPSA) is 99.2 Å². The largest absolute Gasteiger partial charge is 0.464 e. The van der Waals surface area contributed by atoms with Crippen LogP contribution in [0.3, 0.4) is 0 Å². The number of rotatable bonds is 6. The van der Waals surface area contributed by atoms with Crippen molar-refractivity contribution in [1.82, 2.24) is 14.8 Å². The van der Waals surface area contributed by atoms with E-state index in [-0.39, 0.29) is 18.1 Å². The summed E-state index contributed by atoms with van der Waals surface area (Å²) in [6.45, 7) is 3.73. The maximum Gasteiger partial charge on any atom is 0.341 e. The van der Waals surface area contributed by atoms with Crippen molar-refractivity contribution in [1.29, 1.82) is 0 Å². The van der Waals surface area contributed by atoms with Crippen LogP contribution < -0.4 is 5.32 Å². The minimum Gasteiger partial charge on any atom is -0.464 e. The Morgan fingerprint density at radius 1 is 1.27 bits per heavy atom. The van der Waals surface area contributed by atoms with Crippen LogP contribution in [0, 0.1) is 6.92 Å². The van der Waals surface area contributed by atoms with E-state index >= 15 is 0 Å². The molecule has 4 heterocycles. The molecule has 0 saturated carbocycles. The van der Waals surface area contributed by atoms with Gasteiger partial charge in [0.05, 0.1) is 30.3 Å². The van der Waals surface area contributed by atoms with Crippen LogP contribution in [0.1, 0.15) is 33.3 Å². The van der Waals surface area contributed by atoms with Gasteiger partial charge in [-0.3, -0.25) is 4.79 Å². The molecule has 30 heavy (non-hydrogen) atoms. The van der Waals surface area contributed by atoms with Gasteiger partial charge in [0.25, 0.3) is 5.91 Å². The number of pyridine rings is 1. The van der Waals surface area contributed by atoms with Gasteiger partial charge in [-0.1, -0.05) is 6.07 Å². The molecule has 0 aliphatic carbocycles. The number of nitrogens with one attached hydrogen (secondary N) is 1. The second kappa shape index (κ2) is 8.34. The number of carbonyl (C=O) groups is 2. The summed E-state index contributed by atoms with van der Waals surface area (Å²) in [6.07, 6.45) is 4.66. The molecule has 0 atom stereocenters. The van der Waals surface area contributed by atoms with E-state index in [9.17, 15) is 9.59 Å². The number of ether oxygens (including phenoxy) is 1. The molecule has 0 saturated heterocycles. The summed E-state index contributed by atoms with van der Waals surface area (Å²) in [4.78, 5) is 29.8. The van der Waals surface area contributed by atoms with Crippen molar-refractivity contribution in [3.63, 3.8) is 0 Å². The quantitative estimate of drug-likeness (QED) is 0.465. The summed E-state index contributed by atoms with van der Waals surface area (Å²) in [6, 6.07) is 8.93. The number of hydrogen-bond donors (Lipinski definition) is 1. The molecule has 8 nitrogen and oxygen atoms in total. The van der Waals surface area contributed by atoms with Crippen molar-refractivity contribution in [2.75, 3.05) is 11.9 Å². The Hall–Kier alpha value is -3.72. The van der Waals surface area contributed by atoms with Gasteiger partial charge in [-0.05, 0) is 38.1 Å². The SMILES string of the molecule is CCOC(=O)c1c(-c2ccco2)csc1NC(=O)c1cnn(-c2ccccn2)c1C. The molecular formula is C21H18N4O4S. The second-order valence-corrected chi connectivity index (χ2v) is 7.13. The highest BCUT2D eigenvalue weighted by molar-refractivity contribution is 7.15. The molecular weight excluding hydrogens is 404 g/mol. The number of furan rings is 1. The number of thiophene rings is 1. The summed E-state index contributed by atoms with van der Waals surface area (Å²) in [7, 11) is 0. The zero-order valence-corrected chi connectivity index (χ0v) is 17.1. The Balaban J connectivity index is 1.66. The summed E-state index contributed by atoms with van der Waals surface area (Å²) >= 11 is 1.23. The van der Waals surface area contributed by atoms with Gasteiger partial charge in [-0.2, -0.15) is 5.10 Å². The molecule has 1 N–H and O–H groups in total. The molecule has 1 amide bonds. The fourth-order valence-corrected chi connectivity index (χ4v) is 3.91. The summed E-state index contributed by atoms with van der Waals surface area (Å²) in [5, 5.41) is 9.23. The Morgan fingerprint density at radius 3 is 2.83 bits per heavy atom. The smallest absolute Gasteiger partial charge is 0.341 e. The van der Waals surface area contributed by atoms with E-state index in [1.54, 1.807) is 54.4 Å². The number of hydrogen-bond acceptors (Lipinski definition) is 7. The van der Waals surface area contributed by atoms with Crippen LogP contribution in [-0.4, -0.2) is 33.2 Å². The first-order valence-electron chi connectivity index (χ1n) is 9.20. The van der Waals surface area contributed by atoms with Crippen LogP contribution >= 0.6 is 11.3 Å². The van der Waals surface area contributed by atoms with E-state index in [2.05, 4.69) is 15.4 Å².